The molecule has 0 spiro atoms. The molecule has 2 aromatic carbocycles. The van der Waals surface area contributed by atoms with E-state index in [2.05, 4.69) is 0 Å². The number of benzene rings is 2. The summed E-state index contributed by atoms with van der Waals surface area (Å²) < 4.78 is 43.6. The van der Waals surface area contributed by atoms with Gasteiger partial charge in [0, 0.05) is 12.1 Å². The number of alkyl halides is 3. The van der Waals surface area contributed by atoms with Crippen LogP contribution in [0.3, 0.4) is 0 Å². The van der Waals surface area contributed by atoms with Gasteiger partial charge in [-0.1, -0.05) is 17.7 Å². The number of ether oxygens (including phenoxy) is 1. The largest absolute Gasteiger partial charge is 0.455 e. The molecule has 2 nitrogen and oxygen atoms in total. The van der Waals surface area contributed by atoms with Crippen molar-refractivity contribution >= 4 is 11.6 Å². The number of aryl methyl sites for hydroxylation is 1. The SMILES string of the molecule is Cc1ccc(Oc2ccc(C(F)(F)F)cc2CN)c(Cl)c1. The topological polar surface area (TPSA) is 35.2 Å². The van der Waals surface area contributed by atoms with E-state index in [4.69, 9.17) is 22.1 Å². The Morgan fingerprint density at radius 1 is 1.10 bits per heavy atom. The van der Waals surface area contributed by atoms with Crippen LogP contribution in [0.4, 0.5) is 13.2 Å². The van der Waals surface area contributed by atoms with Crippen LogP contribution in [0.5, 0.6) is 11.5 Å². The van der Waals surface area contributed by atoms with Crippen molar-refractivity contribution in [1.29, 1.82) is 0 Å². The second-order valence-corrected chi connectivity index (χ2v) is 4.97. The molecule has 0 atom stereocenters. The van der Waals surface area contributed by atoms with E-state index >= 15 is 0 Å². The maximum Gasteiger partial charge on any atom is 0.416 e. The fourth-order valence-electron chi connectivity index (χ4n) is 1.82. The number of hydrogen-bond donors (Lipinski definition) is 1. The molecular formula is C15H13ClF3NO. The molecule has 0 radical (unpaired) electrons. The van der Waals surface area contributed by atoms with Gasteiger partial charge >= 0.3 is 6.18 Å². The van der Waals surface area contributed by atoms with Crippen molar-refractivity contribution in [3.63, 3.8) is 0 Å². The molecular weight excluding hydrogens is 303 g/mol. The van der Waals surface area contributed by atoms with Gasteiger partial charge in [-0.15, -0.1) is 0 Å². The van der Waals surface area contributed by atoms with Crippen molar-refractivity contribution in [2.75, 3.05) is 0 Å². The fraction of sp³-hybridized carbons (Fsp3) is 0.200. The van der Waals surface area contributed by atoms with E-state index in [1.165, 1.54) is 6.07 Å². The van der Waals surface area contributed by atoms with Crippen LogP contribution in [0.25, 0.3) is 0 Å². The Kier molecular flexibility index (Phi) is 4.44. The fourth-order valence-corrected chi connectivity index (χ4v) is 2.10. The highest BCUT2D eigenvalue weighted by atomic mass is 35.5. The predicted octanol–water partition coefficient (Wildman–Crippen LogP) is 4.92. The Bertz CT molecular complexity index is 656. The third-order valence-corrected chi connectivity index (χ3v) is 3.21. The molecule has 0 heterocycles. The first kappa shape index (κ1) is 15.7. The molecule has 2 rings (SSSR count). The van der Waals surface area contributed by atoms with E-state index in [0.29, 0.717) is 10.8 Å². The summed E-state index contributed by atoms with van der Waals surface area (Å²) in [7, 11) is 0. The zero-order valence-corrected chi connectivity index (χ0v) is 11.9. The summed E-state index contributed by atoms with van der Waals surface area (Å²) in [6, 6.07) is 8.36. The molecule has 21 heavy (non-hydrogen) atoms. The van der Waals surface area contributed by atoms with Crippen LogP contribution in [-0.4, -0.2) is 0 Å². The molecule has 2 aromatic rings. The van der Waals surface area contributed by atoms with Crippen molar-refractivity contribution in [3.05, 3.63) is 58.1 Å². The normalized spacial score (nSPS) is 11.5. The summed E-state index contributed by atoms with van der Waals surface area (Å²) in [4.78, 5) is 0. The first-order chi connectivity index (χ1) is 9.81. The highest BCUT2D eigenvalue weighted by Gasteiger charge is 2.31. The number of hydrogen-bond acceptors (Lipinski definition) is 2. The Balaban J connectivity index is 2.36. The van der Waals surface area contributed by atoms with Crippen LogP contribution in [-0.2, 0) is 12.7 Å². The lowest BCUT2D eigenvalue weighted by atomic mass is 10.1. The molecule has 0 fully saturated rings. The molecule has 0 amide bonds. The van der Waals surface area contributed by atoms with Gasteiger partial charge in [0.15, 0.2) is 0 Å². The van der Waals surface area contributed by atoms with Crippen molar-refractivity contribution in [1.82, 2.24) is 0 Å². The Morgan fingerprint density at radius 3 is 2.33 bits per heavy atom. The quantitative estimate of drug-likeness (QED) is 0.872. The van der Waals surface area contributed by atoms with E-state index in [-0.39, 0.29) is 17.9 Å². The first-order valence-corrected chi connectivity index (χ1v) is 6.53. The average molecular weight is 316 g/mol. The van der Waals surface area contributed by atoms with Gasteiger partial charge < -0.3 is 10.5 Å². The standard InChI is InChI=1S/C15H13ClF3NO/c1-9-2-4-14(12(16)6-9)21-13-5-3-11(15(17,18)19)7-10(13)8-20/h2-7H,8,20H2,1H3. The Morgan fingerprint density at radius 2 is 1.76 bits per heavy atom. The van der Waals surface area contributed by atoms with Crippen molar-refractivity contribution in [2.24, 2.45) is 5.73 Å². The minimum Gasteiger partial charge on any atom is -0.455 e. The molecule has 6 heteroatoms. The van der Waals surface area contributed by atoms with Gasteiger partial charge in [-0.3, -0.25) is 0 Å². The van der Waals surface area contributed by atoms with Gasteiger partial charge in [0.25, 0.3) is 0 Å². The van der Waals surface area contributed by atoms with Gasteiger partial charge in [0.1, 0.15) is 11.5 Å². The smallest absolute Gasteiger partial charge is 0.416 e. The third kappa shape index (κ3) is 3.68. The van der Waals surface area contributed by atoms with Crippen molar-refractivity contribution in [3.8, 4) is 11.5 Å². The third-order valence-electron chi connectivity index (χ3n) is 2.92. The van der Waals surface area contributed by atoms with Gasteiger partial charge in [-0.05, 0) is 42.8 Å². The summed E-state index contributed by atoms with van der Waals surface area (Å²) in [6.07, 6.45) is -4.41. The molecule has 0 aliphatic carbocycles. The maximum absolute atomic E-state index is 12.7. The zero-order chi connectivity index (χ0) is 15.6. The minimum atomic E-state index is -4.41. The lowest BCUT2D eigenvalue weighted by Crippen LogP contribution is -2.08. The highest BCUT2D eigenvalue weighted by Crippen LogP contribution is 2.35. The average Bonchev–Trinajstić information content (AvgIpc) is 2.41. The van der Waals surface area contributed by atoms with Gasteiger partial charge in [0.2, 0.25) is 0 Å². The van der Waals surface area contributed by atoms with Gasteiger partial charge in [-0.25, -0.2) is 0 Å². The van der Waals surface area contributed by atoms with Gasteiger partial charge in [0.05, 0.1) is 10.6 Å². The van der Waals surface area contributed by atoms with E-state index in [0.717, 1.165) is 17.7 Å². The van der Waals surface area contributed by atoms with Crippen LogP contribution in [0.1, 0.15) is 16.7 Å². The summed E-state index contributed by atoms with van der Waals surface area (Å²) >= 11 is 6.04. The summed E-state index contributed by atoms with van der Waals surface area (Å²) in [5.74, 6) is 0.632. The molecule has 0 saturated heterocycles. The Labute approximate surface area is 125 Å². The van der Waals surface area contributed by atoms with Crippen LogP contribution in [0, 0.1) is 6.92 Å². The van der Waals surface area contributed by atoms with Crippen LogP contribution in [0.2, 0.25) is 5.02 Å². The second kappa shape index (κ2) is 5.95. The number of nitrogens with two attached hydrogens (primary N) is 1. The van der Waals surface area contributed by atoms with E-state index < -0.39 is 11.7 Å². The van der Waals surface area contributed by atoms with E-state index in [1.54, 1.807) is 18.2 Å². The molecule has 0 aliphatic rings. The number of halogens is 4. The lowest BCUT2D eigenvalue weighted by molar-refractivity contribution is -0.137. The van der Waals surface area contributed by atoms with Crippen LogP contribution < -0.4 is 10.5 Å². The first-order valence-electron chi connectivity index (χ1n) is 6.15. The second-order valence-electron chi connectivity index (χ2n) is 4.56. The monoisotopic (exact) mass is 315 g/mol. The van der Waals surface area contributed by atoms with E-state index in [9.17, 15) is 13.2 Å². The minimum absolute atomic E-state index is 0.0667. The summed E-state index contributed by atoms with van der Waals surface area (Å²) in [5, 5.41) is 0.387. The Hall–Kier alpha value is -1.72. The summed E-state index contributed by atoms with van der Waals surface area (Å²) in [6.45, 7) is 1.81. The molecule has 0 saturated carbocycles. The van der Waals surface area contributed by atoms with Crippen molar-refractivity contribution in [2.45, 2.75) is 19.6 Å². The molecule has 0 aromatic heterocycles. The van der Waals surface area contributed by atoms with Crippen LogP contribution in [0.15, 0.2) is 36.4 Å². The molecule has 0 aliphatic heterocycles. The summed E-state index contributed by atoms with van der Waals surface area (Å²) in [5.41, 5.74) is 5.96. The van der Waals surface area contributed by atoms with E-state index in [1.807, 2.05) is 6.92 Å². The highest BCUT2D eigenvalue weighted by molar-refractivity contribution is 6.32. The predicted molar refractivity (Wildman–Crippen MR) is 75.6 cm³/mol. The zero-order valence-electron chi connectivity index (χ0n) is 11.2. The molecule has 112 valence electrons. The lowest BCUT2D eigenvalue weighted by Gasteiger charge is -2.14. The molecule has 0 bridgehead atoms. The molecule has 0 unspecified atom stereocenters. The molecule has 2 N–H and O–H groups in total. The van der Waals surface area contributed by atoms with Crippen molar-refractivity contribution < 1.29 is 17.9 Å². The number of rotatable bonds is 3. The van der Waals surface area contributed by atoms with Gasteiger partial charge in [-0.2, -0.15) is 13.2 Å². The maximum atomic E-state index is 12.7. The van der Waals surface area contributed by atoms with Crippen LogP contribution >= 0.6 is 11.6 Å².